The maximum Gasteiger partial charge on any atom is 0.248 e. The van der Waals surface area contributed by atoms with E-state index in [4.69, 9.17) is 11.5 Å². The van der Waals surface area contributed by atoms with Crippen LogP contribution in [0.5, 0.6) is 0 Å². The third-order valence-electron chi connectivity index (χ3n) is 3.15. The van der Waals surface area contributed by atoms with Crippen LogP contribution in [0.15, 0.2) is 18.2 Å². The average molecular weight is 276 g/mol. The fourth-order valence-electron chi connectivity index (χ4n) is 2.12. The summed E-state index contributed by atoms with van der Waals surface area (Å²) in [7, 11) is 0. The lowest BCUT2D eigenvalue weighted by Crippen LogP contribution is -2.35. The van der Waals surface area contributed by atoms with Crippen molar-refractivity contribution in [1.82, 2.24) is 5.32 Å². The molecule has 7 heteroatoms. The molecule has 0 aromatic heterocycles. The van der Waals surface area contributed by atoms with Crippen LogP contribution in [-0.4, -0.2) is 30.3 Å². The normalized spacial score (nSPS) is 17.7. The highest BCUT2D eigenvalue weighted by molar-refractivity contribution is 6.02. The molecule has 0 spiro atoms. The van der Waals surface area contributed by atoms with Crippen LogP contribution in [-0.2, 0) is 4.79 Å². The topological polar surface area (TPSA) is 127 Å². The minimum absolute atomic E-state index is 0.121. The molecule has 1 saturated heterocycles. The number of rotatable bonds is 4. The van der Waals surface area contributed by atoms with Gasteiger partial charge in [-0.1, -0.05) is 0 Å². The molecule has 0 bridgehead atoms. The van der Waals surface area contributed by atoms with Crippen LogP contribution in [0.2, 0.25) is 0 Å². The molecular weight excluding hydrogens is 260 g/mol. The molecule has 1 aromatic carbocycles. The van der Waals surface area contributed by atoms with E-state index in [0.29, 0.717) is 5.69 Å². The molecule has 2 rings (SSSR count). The largest absolute Gasteiger partial charge is 0.366 e. The van der Waals surface area contributed by atoms with Crippen molar-refractivity contribution in [2.75, 3.05) is 11.9 Å². The zero-order valence-corrected chi connectivity index (χ0v) is 10.8. The van der Waals surface area contributed by atoms with E-state index in [9.17, 15) is 14.4 Å². The molecule has 0 radical (unpaired) electrons. The van der Waals surface area contributed by atoms with Crippen LogP contribution in [0.1, 0.15) is 33.6 Å². The number of carbonyl (C=O) groups excluding carboxylic acids is 3. The maximum absolute atomic E-state index is 12.0. The molecule has 1 fully saturated rings. The van der Waals surface area contributed by atoms with Gasteiger partial charge in [0.1, 0.15) is 0 Å². The Kier molecular flexibility index (Phi) is 3.99. The van der Waals surface area contributed by atoms with E-state index in [0.717, 1.165) is 19.4 Å². The molecule has 6 N–H and O–H groups in total. The maximum atomic E-state index is 12.0. The van der Waals surface area contributed by atoms with Gasteiger partial charge in [0.15, 0.2) is 0 Å². The summed E-state index contributed by atoms with van der Waals surface area (Å²) < 4.78 is 0. The van der Waals surface area contributed by atoms with Gasteiger partial charge in [-0.2, -0.15) is 0 Å². The van der Waals surface area contributed by atoms with Gasteiger partial charge in [-0.3, -0.25) is 14.4 Å². The molecule has 0 aliphatic carbocycles. The van der Waals surface area contributed by atoms with Crippen LogP contribution in [0.4, 0.5) is 5.69 Å². The second-order valence-electron chi connectivity index (χ2n) is 4.67. The summed E-state index contributed by atoms with van der Waals surface area (Å²) in [6.07, 6.45) is 1.69. The second-order valence-corrected chi connectivity index (χ2v) is 4.67. The van der Waals surface area contributed by atoms with Crippen molar-refractivity contribution in [2.45, 2.75) is 18.9 Å². The predicted octanol–water partition coefficient (Wildman–Crippen LogP) is -0.425. The van der Waals surface area contributed by atoms with Gasteiger partial charge in [0.2, 0.25) is 17.7 Å². The van der Waals surface area contributed by atoms with Crippen LogP contribution in [0.25, 0.3) is 0 Å². The van der Waals surface area contributed by atoms with Gasteiger partial charge in [-0.15, -0.1) is 0 Å². The van der Waals surface area contributed by atoms with Gasteiger partial charge in [0.05, 0.1) is 6.04 Å². The van der Waals surface area contributed by atoms with Crippen LogP contribution >= 0.6 is 0 Å². The second kappa shape index (κ2) is 5.70. The number of nitrogens with two attached hydrogens (primary N) is 2. The quantitative estimate of drug-likeness (QED) is 0.595. The molecular formula is C13H16N4O3. The first-order valence-corrected chi connectivity index (χ1v) is 6.26. The van der Waals surface area contributed by atoms with E-state index in [-0.39, 0.29) is 23.1 Å². The highest BCUT2D eigenvalue weighted by atomic mass is 16.2. The summed E-state index contributed by atoms with van der Waals surface area (Å²) in [4.78, 5) is 34.4. The standard InChI is InChI=1S/C13H16N4O3/c14-11(18)7-4-8(12(15)19)6-9(5-7)17-13(20)10-2-1-3-16-10/h4-6,10,16H,1-3H2,(H2,14,18)(H2,15,19)(H,17,20). The SMILES string of the molecule is NC(=O)c1cc(NC(=O)C2CCCN2)cc(C(N)=O)c1. The summed E-state index contributed by atoms with van der Waals surface area (Å²) in [5.74, 6) is -1.59. The van der Waals surface area contributed by atoms with Gasteiger partial charge >= 0.3 is 0 Å². The lowest BCUT2D eigenvalue weighted by atomic mass is 10.1. The first-order chi connectivity index (χ1) is 9.47. The number of carbonyl (C=O) groups is 3. The number of amides is 3. The Hall–Kier alpha value is -2.41. The lowest BCUT2D eigenvalue weighted by molar-refractivity contribution is -0.117. The van der Waals surface area contributed by atoms with Crippen molar-refractivity contribution >= 4 is 23.4 Å². The molecule has 7 nitrogen and oxygen atoms in total. The number of anilines is 1. The predicted molar refractivity (Wildman–Crippen MR) is 73.1 cm³/mol. The number of benzene rings is 1. The first kappa shape index (κ1) is 14.0. The zero-order valence-electron chi connectivity index (χ0n) is 10.8. The Labute approximate surface area is 115 Å². The number of hydrogen-bond donors (Lipinski definition) is 4. The third-order valence-corrected chi connectivity index (χ3v) is 3.15. The number of nitrogens with one attached hydrogen (secondary N) is 2. The van der Waals surface area contributed by atoms with Crippen molar-refractivity contribution in [3.63, 3.8) is 0 Å². The van der Waals surface area contributed by atoms with E-state index >= 15 is 0 Å². The minimum Gasteiger partial charge on any atom is -0.366 e. The fraction of sp³-hybridized carbons (Fsp3) is 0.308. The Bertz CT molecular complexity index is 532. The van der Waals surface area contributed by atoms with E-state index < -0.39 is 11.8 Å². The van der Waals surface area contributed by atoms with Gasteiger partial charge in [-0.25, -0.2) is 0 Å². The van der Waals surface area contributed by atoms with E-state index in [1.54, 1.807) is 0 Å². The fourth-order valence-corrected chi connectivity index (χ4v) is 2.12. The molecule has 3 amide bonds. The van der Waals surface area contributed by atoms with Gasteiger partial charge in [-0.05, 0) is 37.6 Å². The molecule has 0 saturated carbocycles. The Balaban J connectivity index is 2.23. The lowest BCUT2D eigenvalue weighted by Gasteiger charge is -2.12. The Morgan fingerprint density at radius 3 is 2.15 bits per heavy atom. The number of hydrogen-bond acceptors (Lipinski definition) is 4. The summed E-state index contributed by atoms with van der Waals surface area (Å²) in [6, 6.07) is 3.88. The highest BCUT2D eigenvalue weighted by Crippen LogP contribution is 2.16. The zero-order chi connectivity index (χ0) is 14.7. The van der Waals surface area contributed by atoms with Crippen LogP contribution < -0.4 is 22.1 Å². The molecule has 1 aliphatic heterocycles. The molecule has 20 heavy (non-hydrogen) atoms. The molecule has 1 atom stereocenters. The van der Waals surface area contributed by atoms with Gasteiger partial charge in [0.25, 0.3) is 0 Å². The molecule has 1 aliphatic rings. The smallest absolute Gasteiger partial charge is 0.248 e. The van der Waals surface area contributed by atoms with Crippen LogP contribution in [0, 0.1) is 0 Å². The monoisotopic (exact) mass is 276 g/mol. The molecule has 1 unspecified atom stereocenters. The summed E-state index contributed by atoms with van der Waals surface area (Å²) in [6.45, 7) is 0.798. The average Bonchev–Trinajstić information content (AvgIpc) is 2.92. The summed E-state index contributed by atoms with van der Waals surface area (Å²) in [5, 5.41) is 5.71. The van der Waals surface area contributed by atoms with Crippen molar-refractivity contribution in [3.8, 4) is 0 Å². The molecule has 1 aromatic rings. The van der Waals surface area contributed by atoms with Crippen molar-refractivity contribution in [3.05, 3.63) is 29.3 Å². The summed E-state index contributed by atoms with van der Waals surface area (Å²) in [5.41, 5.74) is 10.9. The molecule has 1 heterocycles. The van der Waals surface area contributed by atoms with Crippen molar-refractivity contribution in [2.24, 2.45) is 11.5 Å². The first-order valence-electron chi connectivity index (χ1n) is 6.26. The number of primary amides is 2. The Morgan fingerprint density at radius 1 is 1.10 bits per heavy atom. The summed E-state index contributed by atoms with van der Waals surface area (Å²) >= 11 is 0. The van der Waals surface area contributed by atoms with E-state index in [1.807, 2.05) is 0 Å². The third kappa shape index (κ3) is 3.12. The minimum atomic E-state index is -0.692. The van der Waals surface area contributed by atoms with Crippen molar-refractivity contribution < 1.29 is 14.4 Å². The van der Waals surface area contributed by atoms with E-state index in [2.05, 4.69) is 10.6 Å². The van der Waals surface area contributed by atoms with Crippen molar-refractivity contribution in [1.29, 1.82) is 0 Å². The molecule has 106 valence electrons. The van der Waals surface area contributed by atoms with Crippen LogP contribution in [0.3, 0.4) is 0 Å². The highest BCUT2D eigenvalue weighted by Gasteiger charge is 2.22. The Morgan fingerprint density at radius 2 is 1.70 bits per heavy atom. The van der Waals surface area contributed by atoms with Gasteiger partial charge < -0.3 is 22.1 Å². The van der Waals surface area contributed by atoms with E-state index in [1.165, 1.54) is 18.2 Å². The van der Waals surface area contributed by atoms with Gasteiger partial charge in [0, 0.05) is 16.8 Å².